The summed E-state index contributed by atoms with van der Waals surface area (Å²) in [6.07, 6.45) is -0.607. The van der Waals surface area contributed by atoms with Gasteiger partial charge in [-0.25, -0.2) is 4.39 Å². The molecule has 1 aliphatic rings. The van der Waals surface area contributed by atoms with Crippen LogP contribution in [0.4, 0.5) is 15.8 Å². The van der Waals surface area contributed by atoms with Crippen molar-refractivity contribution >= 4 is 23.2 Å². The van der Waals surface area contributed by atoms with Crippen LogP contribution in [-0.2, 0) is 9.59 Å². The van der Waals surface area contributed by atoms with Gasteiger partial charge in [0.15, 0.2) is 6.10 Å². The van der Waals surface area contributed by atoms with Crippen LogP contribution in [0.25, 0.3) is 0 Å². The number of carbonyl (C=O) groups excluding carboxylic acids is 2. The molecule has 2 rings (SSSR count). The van der Waals surface area contributed by atoms with E-state index in [0.717, 1.165) is 12.5 Å². The number of hydrogen-bond donors (Lipinski definition) is 3. The predicted molar refractivity (Wildman–Crippen MR) is 76.6 cm³/mol. The molecule has 6 nitrogen and oxygen atoms in total. The van der Waals surface area contributed by atoms with Crippen LogP contribution in [0.15, 0.2) is 12.1 Å². The lowest BCUT2D eigenvalue weighted by atomic mass is 10.1. The molecule has 1 heterocycles. The Balaban J connectivity index is 2.36. The molecular weight excluding hydrogens is 277 g/mol. The van der Waals surface area contributed by atoms with E-state index in [9.17, 15) is 19.1 Å². The standard InChI is InChI=1S/C14H18FN3O3/c1-3-4-18(7-12(19)16-2)11-6-10-8(5-9(11)15)13(20)14(21)17-10/h5-6,13,20H,3-4,7H2,1-2H3,(H,16,19)(H,17,21). The first-order chi connectivity index (χ1) is 9.97. The largest absolute Gasteiger partial charge is 0.378 e. The Morgan fingerprint density at radius 1 is 1.52 bits per heavy atom. The summed E-state index contributed by atoms with van der Waals surface area (Å²) in [6, 6.07) is 2.59. The molecule has 1 aliphatic heterocycles. The number of likely N-dealkylation sites (N-methyl/N-ethyl adjacent to an activating group) is 1. The molecule has 0 radical (unpaired) electrons. The molecule has 0 saturated carbocycles. The molecule has 7 heteroatoms. The van der Waals surface area contributed by atoms with Crippen molar-refractivity contribution in [3.8, 4) is 0 Å². The molecule has 1 aromatic rings. The maximum Gasteiger partial charge on any atom is 0.257 e. The van der Waals surface area contributed by atoms with Gasteiger partial charge in [0.05, 0.1) is 12.2 Å². The van der Waals surface area contributed by atoms with Crippen LogP contribution < -0.4 is 15.5 Å². The van der Waals surface area contributed by atoms with Crippen molar-refractivity contribution in [3.05, 3.63) is 23.5 Å². The number of aliphatic hydroxyl groups excluding tert-OH is 1. The van der Waals surface area contributed by atoms with E-state index in [0.29, 0.717) is 12.2 Å². The Bertz CT molecular complexity index is 577. The topological polar surface area (TPSA) is 81.7 Å². The van der Waals surface area contributed by atoms with Gasteiger partial charge in [-0.05, 0) is 18.6 Å². The third-order valence-corrected chi connectivity index (χ3v) is 3.37. The van der Waals surface area contributed by atoms with Gasteiger partial charge < -0.3 is 20.6 Å². The maximum absolute atomic E-state index is 14.2. The molecule has 2 amide bonds. The molecule has 0 fully saturated rings. The Morgan fingerprint density at radius 2 is 2.24 bits per heavy atom. The molecule has 21 heavy (non-hydrogen) atoms. The van der Waals surface area contributed by atoms with E-state index < -0.39 is 17.8 Å². The van der Waals surface area contributed by atoms with Crippen LogP contribution in [0, 0.1) is 5.82 Å². The van der Waals surface area contributed by atoms with Crippen LogP contribution in [-0.4, -0.2) is 37.1 Å². The van der Waals surface area contributed by atoms with Gasteiger partial charge in [0.2, 0.25) is 5.91 Å². The molecular formula is C14H18FN3O3. The molecule has 1 atom stereocenters. The minimum Gasteiger partial charge on any atom is -0.378 e. The van der Waals surface area contributed by atoms with Crippen molar-refractivity contribution in [2.24, 2.45) is 0 Å². The van der Waals surface area contributed by atoms with Crippen LogP contribution in [0.1, 0.15) is 25.0 Å². The fourth-order valence-electron chi connectivity index (χ4n) is 2.30. The number of halogens is 1. The first-order valence-electron chi connectivity index (χ1n) is 6.75. The third-order valence-electron chi connectivity index (χ3n) is 3.37. The minimum absolute atomic E-state index is 0.0244. The van der Waals surface area contributed by atoms with Gasteiger partial charge in [0, 0.05) is 24.8 Å². The van der Waals surface area contributed by atoms with E-state index in [-0.39, 0.29) is 23.7 Å². The zero-order valence-electron chi connectivity index (χ0n) is 11.9. The van der Waals surface area contributed by atoms with E-state index >= 15 is 0 Å². The van der Waals surface area contributed by atoms with E-state index in [1.165, 1.54) is 13.1 Å². The lowest BCUT2D eigenvalue weighted by Crippen LogP contribution is -2.36. The number of hydrogen-bond acceptors (Lipinski definition) is 4. The number of carbonyl (C=O) groups is 2. The van der Waals surface area contributed by atoms with Crippen molar-refractivity contribution in [2.45, 2.75) is 19.4 Å². The van der Waals surface area contributed by atoms with Gasteiger partial charge in [0.25, 0.3) is 5.91 Å². The summed E-state index contributed by atoms with van der Waals surface area (Å²) in [4.78, 5) is 24.5. The highest BCUT2D eigenvalue weighted by Crippen LogP contribution is 2.35. The quantitative estimate of drug-likeness (QED) is 0.749. The maximum atomic E-state index is 14.2. The van der Waals surface area contributed by atoms with Crippen molar-refractivity contribution in [3.63, 3.8) is 0 Å². The number of aliphatic hydroxyl groups is 1. The predicted octanol–water partition coefficient (Wildman–Crippen LogP) is 0.774. The normalized spacial score (nSPS) is 16.4. The number of benzene rings is 1. The van der Waals surface area contributed by atoms with Crippen LogP contribution >= 0.6 is 0 Å². The second-order valence-electron chi connectivity index (χ2n) is 4.88. The monoisotopic (exact) mass is 295 g/mol. The Morgan fingerprint density at radius 3 is 2.86 bits per heavy atom. The smallest absolute Gasteiger partial charge is 0.257 e. The summed E-state index contributed by atoms with van der Waals surface area (Å²) >= 11 is 0. The summed E-state index contributed by atoms with van der Waals surface area (Å²) in [6.45, 7) is 2.45. The lowest BCUT2D eigenvalue weighted by Gasteiger charge is -2.24. The fraction of sp³-hybridized carbons (Fsp3) is 0.429. The van der Waals surface area contributed by atoms with E-state index in [4.69, 9.17) is 0 Å². The zero-order valence-corrected chi connectivity index (χ0v) is 11.9. The molecule has 0 aliphatic carbocycles. The molecule has 0 saturated heterocycles. The Labute approximate surface area is 121 Å². The first-order valence-corrected chi connectivity index (χ1v) is 6.75. The van der Waals surface area contributed by atoms with E-state index in [1.807, 2.05) is 6.92 Å². The highest BCUT2D eigenvalue weighted by Gasteiger charge is 2.30. The average Bonchev–Trinajstić information content (AvgIpc) is 2.73. The lowest BCUT2D eigenvalue weighted by molar-refractivity contribution is -0.123. The average molecular weight is 295 g/mol. The van der Waals surface area contributed by atoms with Gasteiger partial charge >= 0.3 is 0 Å². The highest BCUT2D eigenvalue weighted by molar-refractivity contribution is 6.02. The number of anilines is 2. The molecule has 114 valence electrons. The molecule has 0 spiro atoms. The summed E-state index contributed by atoms with van der Waals surface area (Å²) in [5.41, 5.74) is 0.827. The molecule has 0 bridgehead atoms. The van der Waals surface area contributed by atoms with Crippen molar-refractivity contribution < 1.29 is 19.1 Å². The molecule has 3 N–H and O–H groups in total. The summed E-state index contributed by atoms with van der Waals surface area (Å²) in [7, 11) is 1.52. The number of nitrogens with one attached hydrogen (secondary N) is 2. The second kappa shape index (κ2) is 6.09. The minimum atomic E-state index is -1.35. The fourth-order valence-corrected chi connectivity index (χ4v) is 2.30. The Kier molecular flexibility index (Phi) is 4.42. The zero-order chi connectivity index (χ0) is 15.6. The van der Waals surface area contributed by atoms with Gasteiger partial charge in [0.1, 0.15) is 5.82 Å². The highest BCUT2D eigenvalue weighted by atomic mass is 19.1. The summed E-state index contributed by atoms with van der Waals surface area (Å²) < 4.78 is 14.2. The van der Waals surface area contributed by atoms with Gasteiger partial charge in [-0.15, -0.1) is 0 Å². The number of nitrogens with zero attached hydrogens (tertiary/aromatic N) is 1. The SMILES string of the molecule is CCCN(CC(=O)NC)c1cc2c(cc1F)C(O)C(=O)N2. The van der Waals surface area contributed by atoms with Gasteiger partial charge in [-0.1, -0.05) is 6.92 Å². The number of fused-ring (bicyclic) bond motifs is 1. The van der Waals surface area contributed by atoms with E-state index in [1.54, 1.807) is 4.90 Å². The van der Waals surface area contributed by atoms with Gasteiger partial charge in [-0.3, -0.25) is 9.59 Å². The third kappa shape index (κ3) is 2.97. The van der Waals surface area contributed by atoms with Gasteiger partial charge in [-0.2, -0.15) is 0 Å². The van der Waals surface area contributed by atoms with Crippen LogP contribution in [0.2, 0.25) is 0 Å². The Hall–Kier alpha value is -2.15. The van der Waals surface area contributed by atoms with Crippen molar-refractivity contribution in [2.75, 3.05) is 30.4 Å². The second-order valence-corrected chi connectivity index (χ2v) is 4.88. The number of amides is 2. The van der Waals surface area contributed by atoms with Crippen molar-refractivity contribution in [1.82, 2.24) is 5.32 Å². The van der Waals surface area contributed by atoms with Crippen LogP contribution in [0.5, 0.6) is 0 Å². The summed E-state index contributed by atoms with van der Waals surface area (Å²) in [5.74, 6) is -1.37. The summed E-state index contributed by atoms with van der Waals surface area (Å²) in [5, 5.41) is 14.6. The number of rotatable bonds is 5. The van der Waals surface area contributed by atoms with Crippen LogP contribution in [0.3, 0.4) is 0 Å². The van der Waals surface area contributed by atoms with Crippen molar-refractivity contribution in [1.29, 1.82) is 0 Å². The van der Waals surface area contributed by atoms with E-state index in [2.05, 4.69) is 10.6 Å². The molecule has 1 unspecified atom stereocenters. The molecule has 0 aromatic heterocycles. The molecule has 1 aromatic carbocycles. The first kappa shape index (κ1) is 15.2.